The van der Waals surface area contributed by atoms with E-state index in [1.54, 1.807) is 11.3 Å². The number of hydrogen-bond acceptors (Lipinski definition) is 3. The molecular formula is C10H15ClN2S. The third-order valence-corrected chi connectivity index (χ3v) is 4.15. The van der Waals surface area contributed by atoms with E-state index in [0.717, 1.165) is 13.1 Å². The van der Waals surface area contributed by atoms with Gasteiger partial charge >= 0.3 is 0 Å². The Labute approximate surface area is 93.9 Å². The van der Waals surface area contributed by atoms with E-state index < -0.39 is 0 Å². The van der Waals surface area contributed by atoms with Gasteiger partial charge in [-0.25, -0.2) is 0 Å². The number of hydrogen-bond donors (Lipinski definition) is 0. The van der Waals surface area contributed by atoms with Gasteiger partial charge < -0.3 is 0 Å². The van der Waals surface area contributed by atoms with Crippen LogP contribution in [0.2, 0.25) is 0 Å². The summed E-state index contributed by atoms with van der Waals surface area (Å²) in [4.78, 5) is 7.84. The number of piperidine rings is 1. The van der Waals surface area contributed by atoms with E-state index in [4.69, 9.17) is 11.6 Å². The summed E-state index contributed by atoms with van der Waals surface area (Å²) in [6.07, 6.45) is 3.17. The van der Waals surface area contributed by atoms with Crippen molar-refractivity contribution in [1.82, 2.24) is 9.88 Å². The number of nitrogens with zero attached hydrogens (tertiary/aromatic N) is 2. The Morgan fingerprint density at radius 1 is 1.71 bits per heavy atom. The van der Waals surface area contributed by atoms with Gasteiger partial charge in [-0.15, -0.1) is 22.9 Å². The van der Waals surface area contributed by atoms with Crippen molar-refractivity contribution in [3.63, 3.8) is 0 Å². The van der Waals surface area contributed by atoms with Crippen LogP contribution in [0.25, 0.3) is 0 Å². The molecule has 0 spiro atoms. The highest BCUT2D eigenvalue weighted by molar-refractivity contribution is 7.09. The summed E-state index contributed by atoms with van der Waals surface area (Å²) in [5.41, 5.74) is 1.89. The fourth-order valence-electron chi connectivity index (χ4n) is 1.77. The zero-order valence-electron chi connectivity index (χ0n) is 8.32. The summed E-state index contributed by atoms with van der Waals surface area (Å²) >= 11 is 7.97. The van der Waals surface area contributed by atoms with Gasteiger partial charge in [0, 0.05) is 29.5 Å². The van der Waals surface area contributed by atoms with Crippen molar-refractivity contribution in [2.24, 2.45) is 5.92 Å². The fourth-order valence-corrected chi connectivity index (χ4v) is 2.73. The molecule has 0 aliphatic carbocycles. The number of thiazole rings is 1. The monoisotopic (exact) mass is 230 g/mol. The number of aromatic nitrogens is 1. The van der Waals surface area contributed by atoms with E-state index in [9.17, 15) is 0 Å². The van der Waals surface area contributed by atoms with Crippen molar-refractivity contribution in [1.29, 1.82) is 0 Å². The molecule has 4 heteroatoms. The number of likely N-dealkylation sites (tertiary alicyclic amines) is 1. The molecular weight excluding hydrogens is 216 g/mol. The zero-order chi connectivity index (χ0) is 9.97. The zero-order valence-corrected chi connectivity index (χ0v) is 9.89. The minimum Gasteiger partial charge on any atom is -0.297 e. The largest absolute Gasteiger partial charge is 0.297 e. The standard InChI is InChI=1S/C10H15ClN2S/c1-8-2-3-13(6-10(8)11)5-9-4-12-7-14-9/h4,7-8,10H,2-3,5-6H2,1H3. The minimum absolute atomic E-state index is 0.316. The molecule has 0 amide bonds. The van der Waals surface area contributed by atoms with Crippen LogP contribution >= 0.6 is 22.9 Å². The Balaban J connectivity index is 1.88. The lowest BCUT2D eigenvalue weighted by Gasteiger charge is -2.33. The maximum absolute atomic E-state index is 6.25. The topological polar surface area (TPSA) is 16.1 Å². The average Bonchev–Trinajstić information content (AvgIpc) is 2.64. The third-order valence-electron chi connectivity index (χ3n) is 2.81. The smallest absolute Gasteiger partial charge is 0.0794 e. The molecule has 1 aliphatic rings. The van der Waals surface area contributed by atoms with E-state index in [0.29, 0.717) is 11.3 Å². The van der Waals surface area contributed by atoms with E-state index in [1.807, 2.05) is 11.7 Å². The molecule has 2 nitrogen and oxygen atoms in total. The maximum atomic E-state index is 6.25. The second-order valence-electron chi connectivity index (χ2n) is 3.98. The van der Waals surface area contributed by atoms with E-state index in [-0.39, 0.29) is 0 Å². The van der Waals surface area contributed by atoms with Crippen molar-refractivity contribution >= 4 is 22.9 Å². The molecule has 14 heavy (non-hydrogen) atoms. The Kier molecular flexibility index (Phi) is 3.42. The molecule has 2 rings (SSSR count). The summed E-state index contributed by atoms with van der Waals surface area (Å²) in [6, 6.07) is 0. The molecule has 1 saturated heterocycles. The van der Waals surface area contributed by atoms with Gasteiger partial charge in [-0.05, 0) is 18.9 Å². The summed E-state index contributed by atoms with van der Waals surface area (Å²) in [6.45, 7) is 5.44. The first-order valence-electron chi connectivity index (χ1n) is 4.99. The van der Waals surface area contributed by atoms with Crippen molar-refractivity contribution in [3.05, 3.63) is 16.6 Å². The highest BCUT2D eigenvalue weighted by atomic mass is 35.5. The van der Waals surface area contributed by atoms with Crippen molar-refractivity contribution in [2.45, 2.75) is 25.3 Å². The van der Waals surface area contributed by atoms with Crippen LogP contribution in [0.15, 0.2) is 11.7 Å². The second kappa shape index (κ2) is 4.60. The molecule has 1 fully saturated rings. The van der Waals surface area contributed by atoms with Crippen LogP contribution in [0.3, 0.4) is 0 Å². The highest BCUT2D eigenvalue weighted by Gasteiger charge is 2.24. The van der Waals surface area contributed by atoms with Crippen LogP contribution in [-0.4, -0.2) is 28.4 Å². The predicted molar refractivity (Wildman–Crippen MR) is 60.8 cm³/mol. The molecule has 2 unspecified atom stereocenters. The summed E-state index contributed by atoms with van der Waals surface area (Å²) in [5, 5.41) is 0.316. The van der Waals surface area contributed by atoms with Crippen LogP contribution in [0.4, 0.5) is 0 Å². The van der Waals surface area contributed by atoms with E-state index >= 15 is 0 Å². The van der Waals surface area contributed by atoms with Gasteiger partial charge in [0.15, 0.2) is 0 Å². The average molecular weight is 231 g/mol. The fraction of sp³-hybridized carbons (Fsp3) is 0.700. The molecule has 0 saturated carbocycles. The Hall–Kier alpha value is -0.120. The summed E-state index contributed by atoms with van der Waals surface area (Å²) in [7, 11) is 0. The predicted octanol–water partition coefficient (Wildman–Crippen LogP) is 2.59. The summed E-state index contributed by atoms with van der Waals surface area (Å²) < 4.78 is 0. The summed E-state index contributed by atoms with van der Waals surface area (Å²) in [5.74, 6) is 0.661. The first-order valence-corrected chi connectivity index (χ1v) is 6.31. The van der Waals surface area contributed by atoms with Crippen LogP contribution in [0.1, 0.15) is 18.2 Å². The van der Waals surface area contributed by atoms with Gasteiger partial charge in [0.1, 0.15) is 0 Å². The Bertz CT molecular complexity index is 276. The van der Waals surface area contributed by atoms with Gasteiger partial charge in [-0.3, -0.25) is 9.88 Å². The van der Waals surface area contributed by atoms with Crippen molar-refractivity contribution < 1.29 is 0 Å². The first kappa shape index (κ1) is 10.4. The molecule has 1 aliphatic heterocycles. The van der Waals surface area contributed by atoms with Crippen molar-refractivity contribution in [3.8, 4) is 0 Å². The van der Waals surface area contributed by atoms with Crippen LogP contribution in [-0.2, 0) is 6.54 Å². The number of alkyl halides is 1. The second-order valence-corrected chi connectivity index (χ2v) is 5.52. The minimum atomic E-state index is 0.316. The SMILES string of the molecule is CC1CCN(Cc2cncs2)CC1Cl. The third kappa shape index (κ3) is 2.47. The van der Waals surface area contributed by atoms with Crippen LogP contribution < -0.4 is 0 Å². The number of halogens is 1. The van der Waals surface area contributed by atoms with Crippen LogP contribution in [0.5, 0.6) is 0 Å². The molecule has 0 N–H and O–H groups in total. The first-order chi connectivity index (χ1) is 6.75. The normalized spacial score (nSPS) is 29.3. The molecule has 0 bridgehead atoms. The van der Waals surface area contributed by atoms with Crippen LogP contribution in [0, 0.1) is 5.92 Å². The number of rotatable bonds is 2. The Morgan fingerprint density at radius 3 is 3.21 bits per heavy atom. The highest BCUT2D eigenvalue weighted by Crippen LogP contribution is 2.23. The molecule has 1 aromatic heterocycles. The van der Waals surface area contributed by atoms with Gasteiger partial charge in [0.05, 0.1) is 5.51 Å². The lowest BCUT2D eigenvalue weighted by atomic mass is 9.99. The molecule has 78 valence electrons. The molecule has 1 aromatic rings. The van der Waals surface area contributed by atoms with Gasteiger partial charge in [-0.2, -0.15) is 0 Å². The Morgan fingerprint density at radius 2 is 2.57 bits per heavy atom. The maximum Gasteiger partial charge on any atom is 0.0794 e. The molecule has 2 heterocycles. The van der Waals surface area contributed by atoms with E-state index in [2.05, 4.69) is 16.8 Å². The van der Waals surface area contributed by atoms with Gasteiger partial charge in [0.25, 0.3) is 0 Å². The van der Waals surface area contributed by atoms with E-state index in [1.165, 1.54) is 17.8 Å². The van der Waals surface area contributed by atoms with Gasteiger partial charge in [0.2, 0.25) is 0 Å². The van der Waals surface area contributed by atoms with Gasteiger partial charge in [-0.1, -0.05) is 6.92 Å². The van der Waals surface area contributed by atoms with Crippen molar-refractivity contribution in [2.75, 3.05) is 13.1 Å². The lowest BCUT2D eigenvalue weighted by Crippen LogP contribution is -2.39. The lowest BCUT2D eigenvalue weighted by molar-refractivity contribution is 0.190. The molecule has 2 atom stereocenters. The molecule has 0 aromatic carbocycles. The quantitative estimate of drug-likeness (QED) is 0.727. The molecule has 0 radical (unpaired) electrons.